The molecule has 0 aliphatic heterocycles. The molecule has 0 atom stereocenters. The summed E-state index contributed by atoms with van der Waals surface area (Å²) in [4.78, 5) is 18.1. The van der Waals surface area contributed by atoms with Crippen LogP contribution in [0.3, 0.4) is 0 Å². The number of alkyl carbamates (subject to hydrolysis) is 1. The molecule has 6 rings (SSSR count). The van der Waals surface area contributed by atoms with Gasteiger partial charge in [0.25, 0.3) is 0 Å². The minimum absolute atomic E-state index is 0.00615. The molecular weight excluding hydrogens is 630 g/mol. The van der Waals surface area contributed by atoms with E-state index >= 15 is 0 Å². The predicted molar refractivity (Wildman–Crippen MR) is 174 cm³/mol. The first-order valence-electron chi connectivity index (χ1n) is 14.0. The summed E-state index contributed by atoms with van der Waals surface area (Å²) in [5, 5.41) is 18.9. The van der Waals surface area contributed by atoms with Crippen molar-refractivity contribution in [1.29, 1.82) is 0 Å². The Hall–Kier alpha value is -4.19. The van der Waals surface area contributed by atoms with Crippen LogP contribution >= 0.6 is 23.4 Å². The number of hydrogen-bond acceptors (Lipinski definition) is 7. The molecule has 1 aliphatic carbocycles. The lowest BCUT2D eigenvalue weighted by Gasteiger charge is -2.17. The fraction of sp³-hybridized carbons (Fsp3) is 0.118. The fourth-order valence-electron chi connectivity index (χ4n) is 5.45. The van der Waals surface area contributed by atoms with Crippen molar-refractivity contribution >= 4 is 39.5 Å². The van der Waals surface area contributed by atoms with Gasteiger partial charge < -0.3 is 15.2 Å². The van der Waals surface area contributed by atoms with Crippen LogP contribution in [0.25, 0.3) is 22.3 Å². The number of halogens is 1. The van der Waals surface area contributed by atoms with E-state index in [4.69, 9.17) is 21.5 Å². The number of rotatable bonds is 9. The summed E-state index contributed by atoms with van der Waals surface area (Å²) >= 11 is 8.10. The van der Waals surface area contributed by atoms with Gasteiger partial charge in [-0.05, 0) is 69.3 Å². The van der Waals surface area contributed by atoms with E-state index in [2.05, 4.69) is 34.6 Å². The molecule has 1 heterocycles. The molecule has 1 aromatic heterocycles. The van der Waals surface area contributed by atoms with E-state index in [0.717, 1.165) is 22.3 Å². The number of benzene rings is 4. The number of nitrogens with zero attached hydrogens (tertiary/aromatic N) is 1. The van der Waals surface area contributed by atoms with Crippen molar-refractivity contribution in [2.45, 2.75) is 33.9 Å². The first-order chi connectivity index (χ1) is 21.7. The standard InChI is InChI=1S/C34H28ClN3O5S2/c35-31-17-23(21-11-13-25(14-12-21)45(36,41)42)16-24(32(31)44-33-22(19-39)6-5-15-37-33)18-38-34(40)43-20-30-28-9-3-1-7-26(28)27-8-2-4-10-29(27)30/h1-17,30,39H,18-20H2,(H,38,40)(H2,36,41,42). The van der Waals surface area contributed by atoms with Crippen LogP contribution in [0.1, 0.15) is 28.2 Å². The molecule has 4 N–H and O–H groups in total. The number of sulfonamides is 1. The highest BCUT2D eigenvalue weighted by molar-refractivity contribution is 7.99. The van der Waals surface area contributed by atoms with Crippen LogP contribution in [0.15, 0.2) is 118 Å². The molecule has 0 spiro atoms. The molecule has 11 heteroatoms. The van der Waals surface area contributed by atoms with E-state index in [1.54, 1.807) is 36.5 Å². The number of fused-ring (bicyclic) bond motifs is 3. The Bertz CT molecular complexity index is 1960. The van der Waals surface area contributed by atoms with E-state index < -0.39 is 16.1 Å². The highest BCUT2D eigenvalue weighted by atomic mass is 35.5. The molecular formula is C34H28ClN3O5S2. The lowest BCUT2D eigenvalue weighted by Crippen LogP contribution is -2.26. The van der Waals surface area contributed by atoms with E-state index in [0.29, 0.717) is 37.2 Å². The smallest absolute Gasteiger partial charge is 0.407 e. The Labute approximate surface area is 270 Å². The van der Waals surface area contributed by atoms with Gasteiger partial charge in [0.15, 0.2) is 0 Å². The summed E-state index contributed by atoms with van der Waals surface area (Å²) in [5.41, 5.74) is 7.25. The Morgan fingerprint density at radius 3 is 2.22 bits per heavy atom. The molecule has 45 heavy (non-hydrogen) atoms. The van der Waals surface area contributed by atoms with E-state index in [9.17, 15) is 18.3 Å². The second-order valence-electron chi connectivity index (χ2n) is 10.4. The van der Waals surface area contributed by atoms with Crippen molar-refractivity contribution in [2.75, 3.05) is 6.61 Å². The van der Waals surface area contributed by atoms with Crippen molar-refractivity contribution < 1.29 is 23.1 Å². The number of primary sulfonamides is 1. The van der Waals surface area contributed by atoms with Crippen molar-refractivity contribution in [3.8, 4) is 22.3 Å². The van der Waals surface area contributed by atoms with Crippen LogP contribution in [-0.2, 0) is 27.9 Å². The van der Waals surface area contributed by atoms with Crippen LogP contribution in [0, 0.1) is 0 Å². The van der Waals surface area contributed by atoms with Crippen LogP contribution < -0.4 is 10.5 Å². The Morgan fingerprint density at radius 1 is 0.911 bits per heavy atom. The lowest BCUT2D eigenvalue weighted by molar-refractivity contribution is 0.142. The van der Waals surface area contributed by atoms with Gasteiger partial charge in [-0.2, -0.15) is 0 Å². The number of aromatic nitrogens is 1. The number of nitrogens with one attached hydrogen (secondary N) is 1. The second kappa shape index (κ2) is 13.0. The summed E-state index contributed by atoms with van der Waals surface area (Å²) < 4.78 is 29.2. The van der Waals surface area contributed by atoms with Gasteiger partial charge in [0, 0.05) is 29.1 Å². The third kappa shape index (κ3) is 6.61. The molecule has 4 aromatic carbocycles. The number of ether oxygens (including phenoxy) is 1. The zero-order valence-electron chi connectivity index (χ0n) is 23.8. The van der Waals surface area contributed by atoms with Gasteiger partial charge in [0.1, 0.15) is 11.6 Å². The Morgan fingerprint density at radius 2 is 1.58 bits per heavy atom. The maximum Gasteiger partial charge on any atom is 0.407 e. The summed E-state index contributed by atoms with van der Waals surface area (Å²) in [7, 11) is -3.85. The van der Waals surface area contributed by atoms with Crippen molar-refractivity contribution in [3.05, 3.63) is 131 Å². The largest absolute Gasteiger partial charge is 0.449 e. The van der Waals surface area contributed by atoms with E-state index in [1.807, 2.05) is 30.3 Å². The summed E-state index contributed by atoms with van der Waals surface area (Å²) in [6, 6.07) is 29.5. The van der Waals surface area contributed by atoms with E-state index in [-0.39, 0.29) is 30.6 Å². The molecule has 0 radical (unpaired) electrons. The van der Waals surface area contributed by atoms with Gasteiger partial charge in [-0.15, -0.1) is 0 Å². The third-order valence-electron chi connectivity index (χ3n) is 7.62. The fourth-order valence-corrected chi connectivity index (χ4v) is 7.31. The normalized spacial score (nSPS) is 12.4. The Balaban J connectivity index is 1.25. The zero-order valence-corrected chi connectivity index (χ0v) is 26.2. The van der Waals surface area contributed by atoms with E-state index in [1.165, 1.54) is 23.9 Å². The van der Waals surface area contributed by atoms with Crippen LogP contribution in [-0.4, -0.2) is 31.2 Å². The minimum Gasteiger partial charge on any atom is -0.449 e. The highest BCUT2D eigenvalue weighted by Crippen LogP contribution is 2.44. The zero-order chi connectivity index (χ0) is 31.6. The Kier molecular flexibility index (Phi) is 8.93. The number of carbonyl (C=O) groups excluding carboxylic acids is 1. The predicted octanol–water partition coefficient (Wildman–Crippen LogP) is 6.73. The number of hydrogen-bond donors (Lipinski definition) is 3. The second-order valence-corrected chi connectivity index (χ2v) is 13.4. The van der Waals surface area contributed by atoms with Crippen molar-refractivity contribution in [3.63, 3.8) is 0 Å². The summed E-state index contributed by atoms with van der Waals surface area (Å²) in [6.45, 7) is 0.0607. The van der Waals surface area contributed by atoms with Crippen molar-refractivity contribution in [1.82, 2.24) is 10.3 Å². The van der Waals surface area contributed by atoms with Crippen LogP contribution in [0.2, 0.25) is 5.02 Å². The number of nitrogens with two attached hydrogens (primary N) is 1. The topological polar surface area (TPSA) is 132 Å². The minimum atomic E-state index is -3.85. The number of amides is 1. The highest BCUT2D eigenvalue weighted by Gasteiger charge is 2.29. The lowest BCUT2D eigenvalue weighted by atomic mass is 9.98. The van der Waals surface area contributed by atoms with Gasteiger partial charge >= 0.3 is 6.09 Å². The molecule has 8 nitrogen and oxygen atoms in total. The molecule has 228 valence electrons. The van der Waals surface area contributed by atoms with Gasteiger partial charge in [0.2, 0.25) is 10.0 Å². The van der Waals surface area contributed by atoms with Gasteiger partial charge in [-0.25, -0.2) is 23.3 Å². The molecule has 1 amide bonds. The number of aliphatic hydroxyl groups is 1. The molecule has 0 saturated carbocycles. The average Bonchev–Trinajstić information content (AvgIpc) is 3.37. The van der Waals surface area contributed by atoms with Gasteiger partial charge in [-0.1, -0.05) is 90.1 Å². The quantitative estimate of drug-likeness (QED) is 0.160. The summed E-state index contributed by atoms with van der Waals surface area (Å²) in [5.74, 6) is -0.0756. The van der Waals surface area contributed by atoms with Gasteiger partial charge in [0.05, 0.1) is 16.5 Å². The number of aliphatic hydroxyl groups excluding tert-OH is 1. The molecule has 0 bridgehead atoms. The number of pyridine rings is 1. The average molecular weight is 658 g/mol. The summed E-state index contributed by atoms with van der Waals surface area (Å²) in [6.07, 6.45) is 1.05. The van der Waals surface area contributed by atoms with Crippen LogP contribution in [0.4, 0.5) is 4.79 Å². The van der Waals surface area contributed by atoms with Gasteiger partial charge in [-0.3, -0.25) is 0 Å². The van der Waals surface area contributed by atoms with Crippen LogP contribution in [0.5, 0.6) is 0 Å². The monoisotopic (exact) mass is 657 g/mol. The maximum atomic E-state index is 13.1. The third-order valence-corrected chi connectivity index (χ3v) is 10.2. The first-order valence-corrected chi connectivity index (χ1v) is 16.7. The number of carbonyl (C=O) groups is 1. The first kappa shape index (κ1) is 30.8. The molecule has 0 unspecified atom stereocenters. The SMILES string of the molecule is NS(=O)(=O)c1ccc(-c2cc(Cl)c(Sc3ncccc3CO)c(CNC(=O)OCC3c4ccccc4-c4ccccc43)c2)cc1. The maximum absolute atomic E-state index is 13.1. The van der Waals surface area contributed by atoms with Crippen molar-refractivity contribution in [2.24, 2.45) is 5.14 Å². The molecule has 1 aliphatic rings. The molecule has 0 fully saturated rings. The molecule has 5 aromatic rings. The molecule has 0 saturated heterocycles.